The normalized spacial score (nSPS) is 26.3. The third kappa shape index (κ3) is 1.49. The van der Waals surface area contributed by atoms with Crippen molar-refractivity contribution >= 4 is 5.82 Å². The maximum Gasteiger partial charge on any atom is 0.169 e. The number of nitrogens with zero attached hydrogens (tertiary/aromatic N) is 4. The van der Waals surface area contributed by atoms with Gasteiger partial charge in [-0.2, -0.15) is 10.4 Å². The first kappa shape index (κ1) is 10.5. The van der Waals surface area contributed by atoms with Crippen molar-refractivity contribution in [3.63, 3.8) is 0 Å². The minimum absolute atomic E-state index is 0.587. The summed E-state index contributed by atoms with van der Waals surface area (Å²) in [5.41, 5.74) is 2.54. The van der Waals surface area contributed by atoms with E-state index in [-0.39, 0.29) is 0 Å². The number of aryl methyl sites for hydroxylation is 1. The number of piperidine rings is 1. The number of nitriles is 1. The molecule has 0 amide bonds. The molecule has 0 radical (unpaired) electrons. The number of fused-ring (bicyclic) bond motifs is 2. The van der Waals surface area contributed by atoms with Gasteiger partial charge in [0.15, 0.2) is 5.82 Å². The van der Waals surface area contributed by atoms with Gasteiger partial charge in [-0.3, -0.25) is 0 Å². The van der Waals surface area contributed by atoms with Crippen molar-refractivity contribution in [1.29, 1.82) is 5.26 Å². The van der Waals surface area contributed by atoms with Gasteiger partial charge in [0, 0.05) is 12.6 Å². The molecule has 1 aliphatic carbocycles. The van der Waals surface area contributed by atoms with Crippen LogP contribution in [0.1, 0.15) is 36.1 Å². The summed E-state index contributed by atoms with van der Waals surface area (Å²) in [7, 11) is 0. The third-order valence-electron chi connectivity index (χ3n) is 4.23. The van der Waals surface area contributed by atoms with E-state index in [1.807, 2.05) is 13.8 Å². The first-order chi connectivity index (χ1) is 8.20. The quantitative estimate of drug-likeness (QED) is 0.737. The van der Waals surface area contributed by atoms with Gasteiger partial charge in [-0.25, -0.2) is 0 Å². The second kappa shape index (κ2) is 3.69. The van der Waals surface area contributed by atoms with E-state index in [4.69, 9.17) is 0 Å². The van der Waals surface area contributed by atoms with E-state index in [0.29, 0.717) is 11.6 Å². The molecule has 4 nitrogen and oxygen atoms in total. The monoisotopic (exact) mass is 228 g/mol. The molecule has 3 rings (SSSR count). The SMILES string of the molecule is Cc1nnc(N2CC3CCC2C3)c(C#N)c1C. The minimum Gasteiger partial charge on any atom is -0.351 e. The van der Waals surface area contributed by atoms with Crippen molar-refractivity contribution < 1.29 is 0 Å². The van der Waals surface area contributed by atoms with E-state index in [1.54, 1.807) is 0 Å². The molecule has 1 saturated carbocycles. The van der Waals surface area contributed by atoms with Gasteiger partial charge in [-0.05, 0) is 44.6 Å². The molecule has 2 atom stereocenters. The van der Waals surface area contributed by atoms with Gasteiger partial charge in [-0.15, -0.1) is 5.10 Å². The second-order valence-electron chi connectivity index (χ2n) is 5.21. The number of aromatic nitrogens is 2. The van der Waals surface area contributed by atoms with Gasteiger partial charge >= 0.3 is 0 Å². The summed E-state index contributed by atoms with van der Waals surface area (Å²) in [4.78, 5) is 2.30. The highest BCUT2D eigenvalue weighted by molar-refractivity contribution is 5.59. The molecule has 2 heterocycles. The van der Waals surface area contributed by atoms with Crippen molar-refractivity contribution in [2.75, 3.05) is 11.4 Å². The maximum absolute atomic E-state index is 9.31. The molecule has 4 heteroatoms. The molecule has 2 unspecified atom stereocenters. The van der Waals surface area contributed by atoms with Gasteiger partial charge in [0.25, 0.3) is 0 Å². The van der Waals surface area contributed by atoms with E-state index in [9.17, 15) is 5.26 Å². The number of rotatable bonds is 1. The Bertz CT molecular complexity index is 503. The smallest absolute Gasteiger partial charge is 0.169 e. The summed E-state index contributed by atoms with van der Waals surface area (Å²) in [5.74, 6) is 1.61. The lowest BCUT2D eigenvalue weighted by atomic mass is 10.1. The topological polar surface area (TPSA) is 52.8 Å². The predicted molar refractivity (Wildman–Crippen MR) is 64.7 cm³/mol. The first-order valence-electron chi connectivity index (χ1n) is 6.21. The van der Waals surface area contributed by atoms with Crippen LogP contribution in [0.25, 0.3) is 0 Å². The Balaban J connectivity index is 2.04. The lowest BCUT2D eigenvalue weighted by Crippen LogP contribution is -2.33. The Hall–Kier alpha value is -1.63. The standard InChI is InChI=1S/C13H16N4/c1-8-9(2)15-16-13(12(8)6-14)17-7-10-3-4-11(17)5-10/h10-11H,3-5,7H2,1-2H3. The molecule has 1 aromatic rings. The van der Waals surface area contributed by atoms with Crippen LogP contribution in [-0.2, 0) is 0 Å². The molecule has 1 aromatic heterocycles. The van der Waals surface area contributed by atoms with Crippen LogP contribution in [0.3, 0.4) is 0 Å². The van der Waals surface area contributed by atoms with Gasteiger partial charge in [-0.1, -0.05) is 0 Å². The van der Waals surface area contributed by atoms with E-state index in [0.717, 1.165) is 29.5 Å². The molecular formula is C13H16N4. The summed E-state index contributed by atoms with van der Waals surface area (Å²) in [6.45, 7) is 4.92. The zero-order valence-electron chi connectivity index (χ0n) is 10.3. The largest absolute Gasteiger partial charge is 0.351 e. The summed E-state index contributed by atoms with van der Waals surface area (Å²) in [5, 5.41) is 17.7. The molecular weight excluding hydrogens is 212 g/mol. The molecule has 1 saturated heterocycles. The Morgan fingerprint density at radius 1 is 1.29 bits per heavy atom. The Labute approximate surface area is 101 Å². The highest BCUT2D eigenvalue weighted by atomic mass is 15.3. The fourth-order valence-corrected chi connectivity index (χ4v) is 3.11. The van der Waals surface area contributed by atoms with Crippen LogP contribution >= 0.6 is 0 Å². The van der Waals surface area contributed by atoms with Crippen LogP contribution < -0.4 is 4.90 Å². The molecule has 0 aromatic carbocycles. The fourth-order valence-electron chi connectivity index (χ4n) is 3.11. The molecule has 17 heavy (non-hydrogen) atoms. The van der Waals surface area contributed by atoms with E-state index in [1.165, 1.54) is 19.3 Å². The minimum atomic E-state index is 0.587. The Morgan fingerprint density at radius 3 is 2.71 bits per heavy atom. The zero-order valence-corrected chi connectivity index (χ0v) is 10.3. The van der Waals surface area contributed by atoms with Crippen LogP contribution in [0.15, 0.2) is 0 Å². The lowest BCUT2D eigenvalue weighted by Gasteiger charge is -2.28. The van der Waals surface area contributed by atoms with Crippen LogP contribution in [0, 0.1) is 31.1 Å². The first-order valence-corrected chi connectivity index (χ1v) is 6.21. The third-order valence-corrected chi connectivity index (χ3v) is 4.23. The molecule has 88 valence electrons. The van der Waals surface area contributed by atoms with Crippen molar-refractivity contribution in [2.45, 2.75) is 39.2 Å². The molecule has 2 aliphatic rings. The summed E-state index contributed by atoms with van der Waals surface area (Å²) in [6.07, 6.45) is 3.84. The molecule has 0 N–H and O–H groups in total. The van der Waals surface area contributed by atoms with E-state index < -0.39 is 0 Å². The average Bonchev–Trinajstić information content (AvgIpc) is 2.94. The zero-order chi connectivity index (χ0) is 12.0. The number of hydrogen-bond donors (Lipinski definition) is 0. The number of hydrogen-bond acceptors (Lipinski definition) is 4. The maximum atomic E-state index is 9.31. The summed E-state index contributed by atoms with van der Waals surface area (Å²) >= 11 is 0. The Morgan fingerprint density at radius 2 is 2.12 bits per heavy atom. The van der Waals surface area contributed by atoms with E-state index in [2.05, 4.69) is 21.2 Å². The fraction of sp³-hybridized carbons (Fsp3) is 0.615. The highest BCUT2D eigenvalue weighted by Crippen LogP contribution is 2.40. The summed E-state index contributed by atoms with van der Waals surface area (Å²) < 4.78 is 0. The molecule has 2 fully saturated rings. The highest BCUT2D eigenvalue weighted by Gasteiger charge is 2.39. The Kier molecular flexibility index (Phi) is 2.29. The van der Waals surface area contributed by atoms with Gasteiger partial charge in [0.1, 0.15) is 11.6 Å². The van der Waals surface area contributed by atoms with Gasteiger partial charge in [0.05, 0.1) is 5.69 Å². The van der Waals surface area contributed by atoms with Crippen LogP contribution in [0.2, 0.25) is 0 Å². The van der Waals surface area contributed by atoms with Crippen LogP contribution in [0.5, 0.6) is 0 Å². The van der Waals surface area contributed by atoms with E-state index >= 15 is 0 Å². The van der Waals surface area contributed by atoms with Crippen molar-refractivity contribution in [3.05, 3.63) is 16.8 Å². The predicted octanol–water partition coefficient (Wildman–Crippen LogP) is 1.95. The second-order valence-corrected chi connectivity index (χ2v) is 5.21. The van der Waals surface area contributed by atoms with Gasteiger partial charge < -0.3 is 4.90 Å². The van der Waals surface area contributed by atoms with Crippen molar-refractivity contribution in [2.24, 2.45) is 5.92 Å². The van der Waals surface area contributed by atoms with Crippen molar-refractivity contribution in [3.8, 4) is 6.07 Å². The van der Waals surface area contributed by atoms with Gasteiger partial charge in [0.2, 0.25) is 0 Å². The summed E-state index contributed by atoms with van der Waals surface area (Å²) in [6, 6.07) is 2.88. The average molecular weight is 228 g/mol. The number of anilines is 1. The lowest BCUT2D eigenvalue weighted by molar-refractivity contribution is 0.548. The molecule has 0 spiro atoms. The molecule has 2 bridgehead atoms. The molecule has 1 aliphatic heterocycles. The van der Waals surface area contributed by atoms with Crippen LogP contribution in [0.4, 0.5) is 5.82 Å². The van der Waals surface area contributed by atoms with Crippen LogP contribution in [-0.4, -0.2) is 22.8 Å². The van der Waals surface area contributed by atoms with Crippen molar-refractivity contribution in [1.82, 2.24) is 10.2 Å².